The summed E-state index contributed by atoms with van der Waals surface area (Å²) in [5.41, 5.74) is 0.999. The molecule has 7 heteroatoms. The van der Waals surface area contributed by atoms with Gasteiger partial charge in [-0.2, -0.15) is 0 Å². The molecule has 0 amide bonds. The van der Waals surface area contributed by atoms with Crippen LogP contribution in [0.15, 0.2) is 52.4 Å². The lowest BCUT2D eigenvalue weighted by atomic mass is 10.2. The Morgan fingerprint density at radius 3 is 2.62 bits per heavy atom. The zero-order chi connectivity index (χ0) is 18.3. The number of hydrogen-bond acceptors (Lipinski definition) is 4. The van der Waals surface area contributed by atoms with Crippen molar-refractivity contribution < 1.29 is 4.79 Å². The summed E-state index contributed by atoms with van der Waals surface area (Å²) >= 11 is 13.5. The number of para-hydroxylation sites is 1. The molecule has 1 saturated carbocycles. The number of carbonyl (C=O) groups excluding carboxylic acids is 1. The molecule has 0 aliphatic heterocycles. The number of benzene rings is 2. The Morgan fingerprint density at radius 2 is 1.88 bits per heavy atom. The highest BCUT2D eigenvalue weighted by atomic mass is 35.5. The molecule has 4 nitrogen and oxygen atoms in total. The second-order valence-electron chi connectivity index (χ2n) is 6.12. The van der Waals surface area contributed by atoms with E-state index in [9.17, 15) is 9.59 Å². The Balaban J connectivity index is 1.94. The number of thioether (sulfide) groups is 1. The van der Waals surface area contributed by atoms with Crippen LogP contribution in [0.3, 0.4) is 0 Å². The number of rotatable bonds is 3. The van der Waals surface area contributed by atoms with Gasteiger partial charge in [0.25, 0.3) is 5.56 Å². The van der Waals surface area contributed by atoms with Crippen molar-refractivity contribution in [3.05, 3.63) is 62.9 Å². The Hall–Kier alpha value is -1.82. The highest BCUT2D eigenvalue weighted by Gasteiger charge is 2.28. The molecular formula is C19H14Cl2N2O2S. The molecule has 0 N–H and O–H groups in total. The molecule has 0 bridgehead atoms. The van der Waals surface area contributed by atoms with Crippen LogP contribution in [0.5, 0.6) is 0 Å². The van der Waals surface area contributed by atoms with Gasteiger partial charge < -0.3 is 0 Å². The summed E-state index contributed by atoms with van der Waals surface area (Å²) in [6, 6.07) is 12.2. The molecule has 0 saturated heterocycles. The average molecular weight is 405 g/mol. The number of ketones is 1. The molecule has 0 radical (unpaired) electrons. The summed E-state index contributed by atoms with van der Waals surface area (Å²) in [7, 11) is 0. The maximum absolute atomic E-state index is 13.1. The fourth-order valence-corrected chi connectivity index (χ4v) is 4.60. The first kappa shape index (κ1) is 17.6. The Morgan fingerprint density at radius 1 is 1.08 bits per heavy atom. The van der Waals surface area contributed by atoms with Crippen LogP contribution in [-0.4, -0.2) is 20.6 Å². The number of aromatic nitrogens is 2. The zero-order valence-corrected chi connectivity index (χ0v) is 15.9. The van der Waals surface area contributed by atoms with Crippen LogP contribution in [0, 0.1) is 0 Å². The number of halogens is 2. The fraction of sp³-hybridized carbons (Fsp3) is 0.211. The molecule has 3 aromatic rings. The number of Topliss-reactive ketones (excluding diaryl/α,β-unsaturated/α-hetero) is 1. The SMILES string of the molecule is O=C1CCC[C@H]1Sc1nc2ccccc2c(=O)n1-c1ccc(Cl)c(Cl)c1. The van der Waals surface area contributed by atoms with E-state index < -0.39 is 0 Å². The van der Waals surface area contributed by atoms with Gasteiger partial charge in [0.1, 0.15) is 5.78 Å². The van der Waals surface area contributed by atoms with Gasteiger partial charge in [-0.1, -0.05) is 47.1 Å². The van der Waals surface area contributed by atoms with Gasteiger partial charge in [-0.15, -0.1) is 0 Å². The monoisotopic (exact) mass is 404 g/mol. The first-order chi connectivity index (χ1) is 12.5. The van der Waals surface area contributed by atoms with Gasteiger partial charge >= 0.3 is 0 Å². The molecule has 26 heavy (non-hydrogen) atoms. The van der Waals surface area contributed by atoms with Crippen molar-refractivity contribution >= 4 is 51.6 Å². The Bertz CT molecular complexity index is 1080. The molecule has 0 unspecified atom stereocenters. The highest BCUT2D eigenvalue weighted by Crippen LogP contribution is 2.33. The normalized spacial score (nSPS) is 17.2. The van der Waals surface area contributed by atoms with Crippen LogP contribution in [-0.2, 0) is 4.79 Å². The minimum Gasteiger partial charge on any atom is -0.298 e. The minimum absolute atomic E-state index is 0.169. The van der Waals surface area contributed by atoms with Crippen LogP contribution in [0.25, 0.3) is 16.6 Å². The van der Waals surface area contributed by atoms with Crippen LogP contribution < -0.4 is 5.56 Å². The molecule has 1 atom stereocenters. The molecule has 1 fully saturated rings. The van der Waals surface area contributed by atoms with Crippen molar-refractivity contribution in [1.29, 1.82) is 0 Å². The highest BCUT2D eigenvalue weighted by molar-refractivity contribution is 8.00. The van der Waals surface area contributed by atoms with Crippen molar-refractivity contribution in [2.45, 2.75) is 29.7 Å². The summed E-state index contributed by atoms with van der Waals surface area (Å²) in [5.74, 6) is 0.207. The summed E-state index contributed by atoms with van der Waals surface area (Å²) in [4.78, 5) is 29.9. The van der Waals surface area contributed by atoms with Crippen LogP contribution in [0.1, 0.15) is 19.3 Å². The average Bonchev–Trinajstić information content (AvgIpc) is 3.03. The van der Waals surface area contributed by atoms with Crippen LogP contribution in [0.4, 0.5) is 0 Å². The van der Waals surface area contributed by atoms with E-state index in [4.69, 9.17) is 23.2 Å². The maximum atomic E-state index is 13.1. The van der Waals surface area contributed by atoms with Crippen molar-refractivity contribution in [3.63, 3.8) is 0 Å². The molecule has 132 valence electrons. The Kier molecular flexibility index (Phi) is 4.78. The van der Waals surface area contributed by atoms with E-state index in [-0.39, 0.29) is 16.6 Å². The van der Waals surface area contributed by atoms with Gasteiger partial charge in [0, 0.05) is 6.42 Å². The molecule has 1 heterocycles. The molecule has 1 aliphatic rings. The van der Waals surface area contributed by atoms with E-state index in [0.717, 1.165) is 12.8 Å². The smallest absolute Gasteiger partial charge is 0.266 e. The van der Waals surface area contributed by atoms with Gasteiger partial charge in [-0.25, -0.2) is 4.98 Å². The predicted molar refractivity (Wildman–Crippen MR) is 106 cm³/mol. The first-order valence-corrected chi connectivity index (χ1v) is 9.85. The lowest BCUT2D eigenvalue weighted by Crippen LogP contribution is -2.23. The largest absolute Gasteiger partial charge is 0.298 e. The van der Waals surface area contributed by atoms with Crippen molar-refractivity contribution in [1.82, 2.24) is 9.55 Å². The summed E-state index contributed by atoms with van der Waals surface area (Å²) in [6.07, 6.45) is 2.26. The van der Waals surface area contributed by atoms with Crippen LogP contribution >= 0.6 is 35.0 Å². The lowest BCUT2D eigenvalue weighted by molar-refractivity contribution is -0.116. The maximum Gasteiger partial charge on any atom is 0.266 e. The molecule has 2 aromatic carbocycles. The van der Waals surface area contributed by atoms with E-state index in [2.05, 4.69) is 4.98 Å². The Labute approximate surface area is 164 Å². The third-order valence-corrected chi connectivity index (χ3v) is 6.41. The molecule has 4 rings (SSSR count). The molecule has 1 aliphatic carbocycles. The topological polar surface area (TPSA) is 52.0 Å². The van der Waals surface area contributed by atoms with Crippen molar-refractivity contribution in [2.75, 3.05) is 0 Å². The van der Waals surface area contributed by atoms with E-state index in [0.29, 0.717) is 38.2 Å². The van der Waals surface area contributed by atoms with E-state index in [1.165, 1.54) is 16.3 Å². The lowest BCUT2D eigenvalue weighted by Gasteiger charge is -2.15. The van der Waals surface area contributed by atoms with Crippen LogP contribution in [0.2, 0.25) is 10.0 Å². The van der Waals surface area contributed by atoms with Crippen molar-refractivity contribution in [2.24, 2.45) is 0 Å². The predicted octanol–water partition coefficient (Wildman–Crippen LogP) is 4.91. The fourth-order valence-electron chi connectivity index (χ4n) is 3.08. The third-order valence-electron chi connectivity index (χ3n) is 4.40. The van der Waals surface area contributed by atoms with Crippen molar-refractivity contribution in [3.8, 4) is 5.69 Å². The summed E-state index contributed by atoms with van der Waals surface area (Å²) in [6.45, 7) is 0. The van der Waals surface area contributed by atoms with Gasteiger partial charge in [-0.3, -0.25) is 14.2 Å². The van der Waals surface area contributed by atoms with Gasteiger partial charge in [0.05, 0.1) is 31.9 Å². The van der Waals surface area contributed by atoms with Gasteiger partial charge in [0.15, 0.2) is 5.16 Å². The number of fused-ring (bicyclic) bond motifs is 1. The first-order valence-electron chi connectivity index (χ1n) is 8.21. The zero-order valence-electron chi connectivity index (χ0n) is 13.6. The quantitative estimate of drug-likeness (QED) is 0.582. The van der Waals surface area contributed by atoms with E-state index in [1.807, 2.05) is 6.07 Å². The standard InChI is InChI=1S/C19H14Cl2N2O2S/c20-13-9-8-11(10-14(13)21)23-18(25)12-4-1-2-5-15(12)22-19(23)26-17-7-3-6-16(17)24/h1-2,4-5,8-10,17H,3,6-7H2/t17-/m1/s1. The third kappa shape index (κ3) is 3.15. The van der Waals surface area contributed by atoms with E-state index in [1.54, 1.807) is 36.4 Å². The second-order valence-corrected chi connectivity index (χ2v) is 8.10. The molecule has 1 aromatic heterocycles. The second kappa shape index (κ2) is 7.06. The van der Waals surface area contributed by atoms with Gasteiger partial charge in [-0.05, 0) is 43.2 Å². The molecular weight excluding hydrogens is 391 g/mol. The summed E-state index contributed by atoms with van der Waals surface area (Å²) < 4.78 is 1.51. The number of carbonyl (C=O) groups is 1. The molecule has 0 spiro atoms. The summed E-state index contributed by atoms with van der Waals surface area (Å²) in [5, 5.41) is 1.61. The number of hydrogen-bond donors (Lipinski definition) is 0. The number of nitrogens with zero attached hydrogens (tertiary/aromatic N) is 2. The van der Waals surface area contributed by atoms with Gasteiger partial charge in [0.2, 0.25) is 0 Å². The van der Waals surface area contributed by atoms with E-state index >= 15 is 0 Å². The minimum atomic E-state index is -0.193.